The summed E-state index contributed by atoms with van der Waals surface area (Å²) in [5.74, 6) is 0. The monoisotopic (exact) mass is 315 g/mol. The molecule has 0 spiro atoms. The Morgan fingerprint density at radius 3 is 2.65 bits per heavy atom. The number of nitrogens with zero attached hydrogens (tertiary/aromatic N) is 1. The molecule has 2 rings (SSSR count). The molecule has 124 valence electrons. The van der Waals surface area contributed by atoms with E-state index in [2.05, 4.69) is 23.6 Å². The third-order valence-electron chi connectivity index (χ3n) is 3.86. The van der Waals surface area contributed by atoms with Crippen molar-refractivity contribution in [3.63, 3.8) is 0 Å². The lowest BCUT2D eigenvalue weighted by atomic mass is 9.86. The minimum Gasteiger partial charge on any atom is -0.444 e. The zero-order chi connectivity index (χ0) is 17.0. The average molecular weight is 315 g/mol. The normalized spacial score (nSPS) is 21.7. The summed E-state index contributed by atoms with van der Waals surface area (Å²) in [5.41, 5.74) is 1.31. The van der Waals surface area contributed by atoms with E-state index < -0.39 is 5.60 Å². The van der Waals surface area contributed by atoms with Gasteiger partial charge in [0, 0.05) is 18.1 Å². The number of ether oxygens (including phenoxy) is 1. The molecule has 1 aliphatic carbocycles. The van der Waals surface area contributed by atoms with Crippen LogP contribution in [0.3, 0.4) is 0 Å². The average Bonchev–Trinajstić information content (AvgIpc) is 2.43. The number of carbonyl (C=O) groups is 1. The minimum atomic E-state index is -0.467. The molecule has 1 aromatic rings. The first kappa shape index (κ1) is 17.3. The van der Waals surface area contributed by atoms with Crippen molar-refractivity contribution in [2.75, 3.05) is 0 Å². The Morgan fingerprint density at radius 2 is 2.04 bits per heavy atom. The van der Waals surface area contributed by atoms with Gasteiger partial charge < -0.3 is 15.4 Å². The highest BCUT2D eigenvalue weighted by atomic mass is 16.6. The maximum atomic E-state index is 11.7. The molecular weight excluding hydrogens is 290 g/mol. The summed E-state index contributed by atoms with van der Waals surface area (Å²) in [4.78, 5) is 11.7. The number of rotatable bonds is 4. The lowest BCUT2D eigenvalue weighted by molar-refractivity contribution is 0.0463. The van der Waals surface area contributed by atoms with Crippen LogP contribution in [0.5, 0.6) is 0 Å². The molecule has 1 amide bonds. The van der Waals surface area contributed by atoms with Crippen LogP contribution in [0.1, 0.15) is 57.7 Å². The molecule has 0 saturated heterocycles. The lowest BCUT2D eigenvalue weighted by Gasteiger charge is -2.38. The van der Waals surface area contributed by atoms with E-state index in [0.717, 1.165) is 18.4 Å². The van der Waals surface area contributed by atoms with E-state index in [-0.39, 0.29) is 18.2 Å². The van der Waals surface area contributed by atoms with Crippen molar-refractivity contribution in [3.05, 3.63) is 35.4 Å². The Kier molecular flexibility index (Phi) is 5.27. The molecular formula is C18H25N3O2. The summed E-state index contributed by atoms with van der Waals surface area (Å²) in [6.07, 6.45) is 1.43. The number of benzene rings is 1. The van der Waals surface area contributed by atoms with Crippen molar-refractivity contribution in [2.24, 2.45) is 0 Å². The molecule has 5 nitrogen and oxygen atoms in total. The van der Waals surface area contributed by atoms with Gasteiger partial charge in [-0.2, -0.15) is 5.26 Å². The van der Waals surface area contributed by atoms with Crippen LogP contribution in [0.15, 0.2) is 24.3 Å². The van der Waals surface area contributed by atoms with Crippen molar-refractivity contribution in [1.29, 1.82) is 5.26 Å². The number of carbonyl (C=O) groups excluding carboxylic acids is 1. The SMILES string of the molecule is CC(NC1CC(NC(=O)OC(C)(C)C)C1)c1cccc(C#N)c1. The predicted octanol–water partition coefficient (Wildman–Crippen LogP) is 3.26. The number of nitrogens with one attached hydrogen (secondary N) is 2. The van der Waals surface area contributed by atoms with Gasteiger partial charge in [0.15, 0.2) is 0 Å². The first-order chi connectivity index (χ1) is 10.8. The van der Waals surface area contributed by atoms with E-state index in [4.69, 9.17) is 10.00 Å². The van der Waals surface area contributed by atoms with Crippen LogP contribution in [0.25, 0.3) is 0 Å². The van der Waals surface area contributed by atoms with Gasteiger partial charge in [0.1, 0.15) is 5.60 Å². The highest BCUT2D eigenvalue weighted by Gasteiger charge is 2.32. The van der Waals surface area contributed by atoms with Gasteiger partial charge in [0.2, 0.25) is 0 Å². The van der Waals surface area contributed by atoms with Crippen LogP contribution >= 0.6 is 0 Å². The highest BCUT2D eigenvalue weighted by molar-refractivity contribution is 5.68. The topological polar surface area (TPSA) is 74.2 Å². The van der Waals surface area contributed by atoms with E-state index in [9.17, 15) is 4.79 Å². The van der Waals surface area contributed by atoms with Crippen molar-refractivity contribution >= 4 is 6.09 Å². The molecule has 1 atom stereocenters. The fourth-order valence-corrected chi connectivity index (χ4v) is 2.67. The summed E-state index contributed by atoms with van der Waals surface area (Å²) in [5, 5.41) is 15.4. The van der Waals surface area contributed by atoms with Gasteiger partial charge in [-0.1, -0.05) is 12.1 Å². The van der Waals surface area contributed by atoms with E-state index in [1.807, 2.05) is 39.0 Å². The van der Waals surface area contributed by atoms with Crippen LogP contribution < -0.4 is 10.6 Å². The molecule has 0 bridgehead atoms. The van der Waals surface area contributed by atoms with E-state index >= 15 is 0 Å². The second-order valence-corrected chi connectivity index (χ2v) is 7.14. The number of hydrogen-bond acceptors (Lipinski definition) is 4. The van der Waals surface area contributed by atoms with Crippen LogP contribution in [0.2, 0.25) is 0 Å². The zero-order valence-electron chi connectivity index (χ0n) is 14.2. The molecule has 1 aromatic carbocycles. The molecule has 5 heteroatoms. The van der Waals surface area contributed by atoms with Crippen molar-refractivity contribution in [2.45, 2.75) is 64.3 Å². The first-order valence-electron chi connectivity index (χ1n) is 8.02. The predicted molar refractivity (Wildman–Crippen MR) is 88.9 cm³/mol. The molecule has 1 unspecified atom stereocenters. The van der Waals surface area contributed by atoms with Crippen molar-refractivity contribution in [1.82, 2.24) is 10.6 Å². The van der Waals surface area contributed by atoms with Crippen molar-refractivity contribution < 1.29 is 9.53 Å². The number of alkyl carbamates (subject to hydrolysis) is 1. The maximum Gasteiger partial charge on any atom is 0.407 e. The van der Waals surface area contributed by atoms with Gasteiger partial charge in [-0.05, 0) is 58.2 Å². The molecule has 1 aliphatic rings. The van der Waals surface area contributed by atoms with Gasteiger partial charge >= 0.3 is 6.09 Å². The summed E-state index contributed by atoms with van der Waals surface area (Å²) >= 11 is 0. The molecule has 1 saturated carbocycles. The Bertz CT molecular complexity index is 595. The molecule has 0 aliphatic heterocycles. The summed E-state index contributed by atoms with van der Waals surface area (Å²) < 4.78 is 5.25. The van der Waals surface area contributed by atoms with Gasteiger partial charge in [-0.25, -0.2) is 4.79 Å². The third kappa shape index (κ3) is 5.26. The fraction of sp³-hybridized carbons (Fsp3) is 0.556. The van der Waals surface area contributed by atoms with Gasteiger partial charge in [-0.3, -0.25) is 0 Å². The Balaban J connectivity index is 1.75. The number of nitriles is 1. The highest BCUT2D eigenvalue weighted by Crippen LogP contribution is 2.24. The molecule has 0 aromatic heterocycles. The largest absolute Gasteiger partial charge is 0.444 e. The van der Waals surface area contributed by atoms with Gasteiger partial charge in [0.25, 0.3) is 0 Å². The summed E-state index contributed by atoms with van der Waals surface area (Å²) in [6, 6.07) is 10.5. The lowest BCUT2D eigenvalue weighted by Crippen LogP contribution is -2.53. The smallest absolute Gasteiger partial charge is 0.407 e. The molecule has 23 heavy (non-hydrogen) atoms. The minimum absolute atomic E-state index is 0.167. The first-order valence-corrected chi connectivity index (χ1v) is 8.02. The molecule has 0 radical (unpaired) electrons. The molecule has 0 heterocycles. The third-order valence-corrected chi connectivity index (χ3v) is 3.86. The van der Waals surface area contributed by atoms with Crippen LogP contribution in [0.4, 0.5) is 4.79 Å². The van der Waals surface area contributed by atoms with Gasteiger partial charge in [-0.15, -0.1) is 0 Å². The van der Waals surface area contributed by atoms with Crippen molar-refractivity contribution in [3.8, 4) is 6.07 Å². The van der Waals surface area contributed by atoms with E-state index in [1.54, 1.807) is 6.07 Å². The zero-order valence-corrected chi connectivity index (χ0v) is 14.2. The Hall–Kier alpha value is -2.06. The standard InChI is InChI=1S/C18H25N3O2/c1-12(14-7-5-6-13(8-14)11-19)20-15-9-16(10-15)21-17(22)23-18(2,3)4/h5-8,12,15-16,20H,9-10H2,1-4H3,(H,21,22). The summed E-state index contributed by atoms with van der Waals surface area (Å²) in [6.45, 7) is 7.66. The van der Waals surface area contributed by atoms with Crippen LogP contribution in [-0.4, -0.2) is 23.8 Å². The van der Waals surface area contributed by atoms with Crippen LogP contribution in [-0.2, 0) is 4.74 Å². The maximum absolute atomic E-state index is 11.7. The Labute approximate surface area is 138 Å². The molecule has 2 N–H and O–H groups in total. The van der Waals surface area contributed by atoms with Gasteiger partial charge in [0.05, 0.1) is 11.6 Å². The van der Waals surface area contributed by atoms with Crippen LogP contribution in [0, 0.1) is 11.3 Å². The van der Waals surface area contributed by atoms with E-state index in [0.29, 0.717) is 11.6 Å². The molecule has 1 fully saturated rings. The number of hydrogen-bond donors (Lipinski definition) is 2. The second kappa shape index (κ2) is 7.01. The Morgan fingerprint density at radius 1 is 1.35 bits per heavy atom. The fourth-order valence-electron chi connectivity index (χ4n) is 2.67. The second-order valence-electron chi connectivity index (χ2n) is 7.14. The number of amides is 1. The summed E-state index contributed by atoms with van der Waals surface area (Å²) in [7, 11) is 0. The quantitative estimate of drug-likeness (QED) is 0.894. The van der Waals surface area contributed by atoms with E-state index in [1.165, 1.54) is 0 Å².